The summed E-state index contributed by atoms with van der Waals surface area (Å²) in [6.45, 7) is 4.12. The zero-order valence-corrected chi connectivity index (χ0v) is 7.09. The Bertz CT molecular complexity index is 231. The molecule has 1 rings (SSSR count). The Balaban J connectivity index is 2.92. The maximum atomic E-state index is 3.18. The minimum atomic E-state index is 1.06. The van der Waals surface area contributed by atoms with Gasteiger partial charge in [-0.1, -0.05) is 37.3 Å². The molecule has 0 fully saturated rings. The Morgan fingerprint density at radius 2 is 1.91 bits per heavy atom. The van der Waals surface area contributed by atoms with Crippen LogP contribution in [0.1, 0.15) is 25.8 Å². The molecular formula is C11H13. The molecule has 0 aliphatic heterocycles. The van der Waals surface area contributed by atoms with Gasteiger partial charge in [-0.3, -0.25) is 0 Å². The predicted octanol–water partition coefficient (Wildman–Crippen LogP) is 3.30. The SMILES string of the molecule is C/[C]=C(\CC)c1ccccc1. The fourth-order valence-corrected chi connectivity index (χ4v) is 1.16. The van der Waals surface area contributed by atoms with Gasteiger partial charge in [0.15, 0.2) is 0 Å². The molecule has 0 heteroatoms. The third kappa shape index (κ3) is 1.94. The fraction of sp³-hybridized carbons (Fsp3) is 0.273. The molecule has 0 spiro atoms. The van der Waals surface area contributed by atoms with Crippen LogP contribution < -0.4 is 0 Å². The number of allylic oxidation sites excluding steroid dienone is 2. The van der Waals surface area contributed by atoms with Crippen molar-refractivity contribution in [1.82, 2.24) is 0 Å². The van der Waals surface area contributed by atoms with E-state index in [1.54, 1.807) is 0 Å². The third-order valence-corrected chi connectivity index (χ3v) is 1.78. The molecule has 1 radical (unpaired) electrons. The smallest absolute Gasteiger partial charge is 0.0222 e. The van der Waals surface area contributed by atoms with Crippen molar-refractivity contribution in [3.8, 4) is 0 Å². The summed E-state index contributed by atoms with van der Waals surface area (Å²) >= 11 is 0. The zero-order chi connectivity index (χ0) is 8.10. The van der Waals surface area contributed by atoms with Gasteiger partial charge >= 0.3 is 0 Å². The molecule has 0 N–H and O–H groups in total. The van der Waals surface area contributed by atoms with Gasteiger partial charge in [-0.15, -0.1) is 0 Å². The van der Waals surface area contributed by atoms with Gasteiger partial charge in [-0.05, 0) is 30.6 Å². The highest BCUT2D eigenvalue weighted by Crippen LogP contribution is 2.15. The van der Waals surface area contributed by atoms with Crippen molar-refractivity contribution in [3.63, 3.8) is 0 Å². The van der Waals surface area contributed by atoms with Crippen LogP contribution in [0.2, 0.25) is 0 Å². The molecule has 0 aliphatic carbocycles. The largest absolute Gasteiger partial charge is 0.0622 e. The molecule has 0 atom stereocenters. The Morgan fingerprint density at radius 1 is 1.27 bits per heavy atom. The molecule has 0 unspecified atom stereocenters. The summed E-state index contributed by atoms with van der Waals surface area (Å²) in [7, 11) is 0. The minimum Gasteiger partial charge on any atom is -0.0622 e. The Labute approximate surface area is 68.6 Å². The van der Waals surface area contributed by atoms with Crippen LogP contribution in [0, 0.1) is 6.08 Å². The molecule has 0 aromatic heterocycles. The van der Waals surface area contributed by atoms with Crippen molar-refractivity contribution < 1.29 is 0 Å². The Morgan fingerprint density at radius 3 is 2.36 bits per heavy atom. The summed E-state index contributed by atoms with van der Waals surface area (Å²) in [5.74, 6) is 0. The molecule has 1 aromatic carbocycles. The first kappa shape index (κ1) is 8.06. The molecule has 11 heavy (non-hydrogen) atoms. The number of hydrogen-bond acceptors (Lipinski definition) is 0. The first-order valence-electron chi connectivity index (χ1n) is 3.97. The highest BCUT2D eigenvalue weighted by Gasteiger charge is 1.94. The zero-order valence-electron chi connectivity index (χ0n) is 7.09. The van der Waals surface area contributed by atoms with E-state index in [9.17, 15) is 0 Å². The third-order valence-electron chi connectivity index (χ3n) is 1.78. The Kier molecular flexibility index (Phi) is 2.91. The van der Waals surface area contributed by atoms with E-state index in [-0.39, 0.29) is 0 Å². The van der Waals surface area contributed by atoms with E-state index in [1.807, 2.05) is 13.0 Å². The molecule has 57 valence electrons. The minimum absolute atomic E-state index is 1.06. The van der Waals surface area contributed by atoms with Crippen LogP contribution in [0.3, 0.4) is 0 Å². The first-order chi connectivity index (χ1) is 5.38. The second-order valence-corrected chi connectivity index (χ2v) is 2.45. The van der Waals surface area contributed by atoms with Crippen LogP contribution in [-0.2, 0) is 0 Å². The van der Waals surface area contributed by atoms with Crippen molar-refractivity contribution in [2.24, 2.45) is 0 Å². The lowest BCUT2D eigenvalue weighted by Crippen LogP contribution is -1.80. The molecule has 0 heterocycles. The van der Waals surface area contributed by atoms with Crippen LogP contribution >= 0.6 is 0 Å². The van der Waals surface area contributed by atoms with E-state index in [0.717, 1.165) is 6.42 Å². The van der Waals surface area contributed by atoms with Crippen molar-refractivity contribution in [3.05, 3.63) is 42.0 Å². The van der Waals surface area contributed by atoms with E-state index in [1.165, 1.54) is 11.1 Å². The Hall–Kier alpha value is -1.04. The molecule has 0 saturated heterocycles. The predicted molar refractivity (Wildman–Crippen MR) is 49.1 cm³/mol. The summed E-state index contributed by atoms with van der Waals surface area (Å²) in [6, 6.07) is 10.4. The molecule has 0 bridgehead atoms. The van der Waals surface area contributed by atoms with E-state index < -0.39 is 0 Å². The fourth-order valence-electron chi connectivity index (χ4n) is 1.16. The van der Waals surface area contributed by atoms with Crippen LogP contribution in [0.15, 0.2) is 30.3 Å². The number of rotatable bonds is 2. The maximum Gasteiger partial charge on any atom is -0.0222 e. The van der Waals surface area contributed by atoms with Gasteiger partial charge in [0.1, 0.15) is 0 Å². The number of benzene rings is 1. The lowest BCUT2D eigenvalue weighted by Gasteiger charge is -2.01. The maximum absolute atomic E-state index is 3.18. The average molecular weight is 145 g/mol. The van der Waals surface area contributed by atoms with E-state index in [4.69, 9.17) is 0 Å². The van der Waals surface area contributed by atoms with Crippen molar-refractivity contribution in [2.45, 2.75) is 20.3 Å². The topological polar surface area (TPSA) is 0 Å². The van der Waals surface area contributed by atoms with Gasteiger partial charge in [0.2, 0.25) is 0 Å². The van der Waals surface area contributed by atoms with Gasteiger partial charge < -0.3 is 0 Å². The summed E-state index contributed by atoms with van der Waals surface area (Å²) in [5, 5.41) is 0. The van der Waals surface area contributed by atoms with E-state index in [0.29, 0.717) is 0 Å². The van der Waals surface area contributed by atoms with Crippen molar-refractivity contribution in [2.75, 3.05) is 0 Å². The second kappa shape index (κ2) is 3.97. The summed E-state index contributed by atoms with van der Waals surface area (Å²) in [5.41, 5.74) is 2.59. The van der Waals surface area contributed by atoms with Crippen molar-refractivity contribution in [1.29, 1.82) is 0 Å². The summed E-state index contributed by atoms with van der Waals surface area (Å²) < 4.78 is 0. The second-order valence-electron chi connectivity index (χ2n) is 2.45. The lowest BCUT2D eigenvalue weighted by molar-refractivity contribution is 1.22. The standard InChI is InChI=1S/C11H13/c1-3-10(4-2)11-8-6-5-7-9-11/h5-9H,3H2,1-2H3. The lowest BCUT2D eigenvalue weighted by atomic mass is 10.0. The highest BCUT2D eigenvalue weighted by atomic mass is 14.0. The van der Waals surface area contributed by atoms with E-state index in [2.05, 4.69) is 37.3 Å². The van der Waals surface area contributed by atoms with Crippen LogP contribution in [0.4, 0.5) is 0 Å². The average Bonchev–Trinajstić information content (AvgIpc) is 2.09. The molecule has 0 amide bonds. The number of hydrogen-bond donors (Lipinski definition) is 0. The van der Waals surface area contributed by atoms with Gasteiger partial charge in [-0.25, -0.2) is 0 Å². The highest BCUT2D eigenvalue weighted by molar-refractivity contribution is 5.62. The molecule has 0 nitrogen and oxygen atoms in total. The van der Waals surface area contributed by atoms with Gasteiger partial charge in [0, 0.05) is 0 Å². The molecular weight excluding hydrogens is 132 g/mol. The summed E-state index contributed by atoms with van der Waals surface area (Å²) in [4.78, 5) is 0. The van der Waals surface area contributed by atoms with Gasteiger partial charge in [0.25, 0.3) is 0 Å². The van der Waals surface area contributed by atoms with Gasteiger partial charge in [-0.2, -0.15) is 0 Å². The molecule has 0 saturated carbocycles. The van der Waals surface area contributed by atoms with Crippen molar-refractivity contribution >= 4 is 5.57 Å². The first-order valence-corrected chi connectivity index (χ1v) is 3.97. The molecule has 1 aromatic rings. The van der Waals surface area contributed by atoms with Gasteiger partial charge in [0.05, 0.1) is 0 Å². The summed E-state index contributed by atoms with van der Waals surface area (Å²) in [6.07, 6.45) is 4.24. The monoisotopic (exact) mass is 145 g/mol. The van der Waals surface area contributed by atoms with Crippen LogP contribution in [0.5, 0.6) is 0 Å². The molecule has 0 aliphatic rings. The quantitative estimate of drug-likeness (QED) is 0.599. The van der Waals surface area contributed by atoms with Crippen LogP contribution in [0.25, 0.3) is 5.57 Å². The normalized spacial score (nSPS) is 11.6. The van der Waals surface area contributed by atoms with E-state index >= 15 is 0 Å². The van der Waals surface area contributed by atoms with Crippen LogP contribution in [-0.4, -0.2) is 0 Å².